The molecule has 6 heteroatoms. The maximum Gasteiger partial charge on any atom is 0.317 e. The first-order chi connectivity index (χ1) is 13.6. The van der Waals surface area contributed by atoms with Crippen LogP contribution in [0.25, 0.3) is 0 Å². The lowest BCUT2D eigenvalue weighted by Crippen LogP contribution is -2.56. The van der Waals surface area contributed by atoms with Crippen LogP contribution in [0, 0.1) is 0 Å². The van der Waals surface area contributed by atoms with Crippen LogP contribution in [0.4, 0.5) is 4.79 Å². The summed E-state index contributed by atoms with van der Waals surface area (Å²) in [5.74, 6) is 0.157. The molecule has 2 saturated heterocycles. The Hall–Kier alpha value is -2.08. The highest BCUT2D eigenvalue weighted by Gasteiger charge is 2.46. The van der Waals surface area contributed by atoms with Crippen LogP contribution < -0.4 is 5.32 Å². The van der Waals surface area contributed by atoms with E-state index in [9.17, 15) is 9.59 Å². The number of likely N-dealkylation sites (tertiary alicyclic amines) is 1. The molecule has 0 radical (unpaired) electrons. The van der Waals surface area contributed by atoms with E-state index in [2.05, 4.69) is 10.2 Å². The van der Waals surface area contributed by atoms with Gasteiger partial charge in [0.2, 0.25) is 0 Å². The molecular weight excluding hydrogens is 354 g/mol. The number of hydrogen-bond acceptors (Lipinski definition) is 3. The third-order valence-electron chi connectivity index (χ3n) is 6.35. The van der Waals surface area contributed by atoms with Crippen molar-refractivity contribution < 1.29 is 14.3 Å². The Bertz CT molecular complexity index is 696. The lowest BCUT2D eigenvalue weighted by atomic mass is 9.81. The normalized spacial score (nSPS) is 24.0. The number of piperidine rings is 1. The lowest BCUT2D eigenvalue weighted by Gasteiger charge is -2.48. The number of nitrogens with zero attached hydrogens (tertiary/aromatic N) is 2. The van der Waals surface area contributed by atoms with Gasteiger partial charge in [0.05, 0.1) is 5.60 Å². The van der Waals surface area contributed by atoms with Crippen molar-refractivity contribution in [1.82, 2.24) is 15.1 Å². The minimum Gasteiger partial charge on any atom is -0.375 e. The molecule has 152 valence electrons. The van der Waals surface area contributed by atoms with Crippen molar-refractivity contribution in [3.63, 3.8) is 0 Å². The smallest absolute Gasteiger partial charge is 0.317 e. The van der Waals surface area contributed by atoms with E-state index in [0.29, 0.717) is 32.3 Å². The Balaban J connectivity index is 1.44. The third kappa shape index (κ3) is 4.02. The maximum absolute atomic E-state index is 13.2. The molecule has 1 aliphatic carbocycles. The fourth-order valence-corrected chi connectivity index (χ4v) is 4.68. The molecule has 4 rings (SSSR count). The van der Waals surface area contributed by atoms with E-state index in [4.69, 9.17) is 4.74 Å². The van der Waals surface area contributed by atoms with Crippen molar-refractivity contribution in [3.8, 4) is 0 Å². The fourth-order valence-electron chi connectivity index (χ4n) is 4.68. The fraction of sp³-hybridized carbons (Fsp3) is 0.636. The Morgan fingerprint density at radius 2 is 1.86 bits per heavy atom. The second kappa shape index (κ2) is 8.11. The molecule has 1 spiro atoms. The molecule has 3 amide bonds. The van der Waals surface area contributed by atoms with Crippen molar-refractivity contribution in [2.45, 2.75) is 63.1 Å². The molecule has 3 fully saturated rings. The van der Waals surface area contributed by atoms with Gasteiger partial charge >= 0.3 is 6.03 Å². The molecular formula is C22H31N3O3. The van der Waals surface area contributed by atoms with Gasteiger partial charge in [0.15, 0.2) is 0 Å². The van der Waals surface area contributed by atoms with Gasteiger partial charge in [0.1, 0.15) is 0 Å². The van der Waals surface area contributed by atoms with Gasteiger partial charge in [-0.1, -0.05) is 18.2 Å². The zero-order valence-corrected chi connectivity index (χ0v) is 16.7. The number of carbonyl (C=O) groups is 2. The van der Waals surface area contributed by atoms with Crippen LogP contribution in [0.2, 0.25) is 0 Å². The first kappa shape index (κ1) is 19.2. The number of benzene rings is 1. The molecule has 28 heavy (non-hydrogen) atoms. The molecule has 6 nitrogen and oxygen atoms in total. The SMILES string of the molecule is CCNC(=O)N1CCC2(CC1)CC(N(C(=O)c1ccccc1)C1CC1)CCO2. The predicted octanol–water partition coefficient (Wildman–Crippen LogP) is 3.03. The Labute approximate surface area is 167 Å². The average Bonchev–Trinajstić information content (AvgIpc) is 3.55. The summed E-state index contributed by atoms with van der Waals surface area (Å²) in [7, 11) is 0. The number of amides is 3. The van der Waals surface area contributed by atoms with Crippen molar-refractivity contribution in [2.24, 2.45) is 0 Å². The van der Waals surface area contributed by atoms with E-state index < -0.39 is 0 Å². The highest BCUT2D eigenvalue weighted by atomic mass is 16.5. The molecule has 2 aliphatic heterocycles. The van der Waals surface area contributed by atoms with Crippen LogP contribution in [-0.4, -0.2) is 65.7 Å². The summed E-state index contributed by atoms with van der Waals surface area (Å²) in [5, 5.41) is 2.88. The van der Waals surface area contributed by atoms with Crippen molar-refractivity contribution in [2.75, 3.05) is 26.2 Å². The summed E-state index contributed by atoms with van der Waals surface area (Å²) >= 11 is 0. The van der Waals surface area contributed by atoms with E-state index in [1.807, 2.05) is 42.2 Å². The van der Waals surface area contributed by atoms with E-state index in [1.54, 1.807) is 0 Å². The molecule has 1 aromatic carbocycles. The van der Waals surface area contributed by atoms with Gasteiger partial charge in [-0.05, 0) is 57.6 Å². The average molecular weight is 386 g/mol. The van der Waals surface area contributed by atoms with Crippen LogP contribution in [-0.2, 0) is 4.74 Å². The van der Waals surface area contributed by atoms with E-state index in [1.165, 1.54) is 0 Å². The third-order valence-corrected chi connectivity index (χ3v) is 6.35. The highest BCUT2D eigenvalue weighted by molar-refractivity contribution is 5.94. The standard InChI is InChI=1S/C22H31N3O3/c1-2-23-21(27)24-13-11-22(12-14-24)16-19(10-15-28-22)25(18-8-9-18)20(26)17-6-4-3-5-7-17/h3-7,18-19H,2,8-16H2,1H3,(H,23,27). The zero-order valence-electron chi connectivity index (χ0n) is 16.7. The second-order valence-corrected chi connectivity index (χ2v) is 8.31. The zero-order chi connectivity index (χ0) is 19.6. The first-order valence-electron chi connectivity index (χ1n) is 10.7. The molecule has 0 aromatic heterocycles. The number of nitrogens with one attached hydrogen (secondary N) is 1. The summed E-state index contributed by atoms with van der Waals surface area (Å²) in [6.45, 7) is 4.71. The van der Waals surface area contributed by atoms with Gasteiger partial charge < -0.3 is 19.9 Å². The molecule has 1 aromatic rings. The van der Waals surface area contributed by atoms with Crippen LogP contribution in [0.5, 0.6) is 0 Å². The van der Waals surface area contributed by atoms with Crippen LogP contribution in [0.1, 0.15) is 55.8 Å². The topological polar surface area (TPSA) is 61.9 Å². The molecule has 0 bridgehead atoms. The number of rotatable bonds is 4. The molecule has 1 unspecified atom stereocenters. The number of urea groups is 1. The monoisotopic (exact) mass is 385 g/mol. The summed E-state index contributed by atoms with van der Waals surface area (Å²) in [6, 6.07) is 10.3. The predicted molar refractivity (Wildman–Crippen MR) is 107 cm³/mol. The highest BCUT2D eigenvalue weighted by Crippen LogP contribution is 2.40. The molecule has 3 aliphatic rings. The molecule has 1 saturated carbocycles. The first-order valence-corrected chi connectivity index (χ1v) is 10.7. The van der Waals surface area contributed by atoms with Crippen LogP contribution in [0.3, 0.4) is 0 Å². The maximum atomic E-state index is 13.2. The summed E-state index contributed by atoms with van der Waals surface area (Å²) in [6.07, 6.45) is 5.68. The van der Waals surface area contributed by atoms with Gasteiger partial charge in [-0.15, -0.1) is 0 Å². The quantitative estimate of drug-likeness (QED) is 0.867. The number of carbonyl (C=O) groups excluding carboxylic acids is 2. The van der Waals surface area contributed by atoms with Gasteiger partial charge in [-0.25, -0.2) is 4.79 Å². The van der Waals surface area contributed by atoms with Gasteiger partial charge in [0.25, 0.3) is 5.91 Å². The van der Waals surface area contributed by atoms with E-state index >= 15 is 0 Å². The van der Waals surface area contributed by atoms with Crippen molar-refractivity contribution >= 4 is 11.9 Å². The summed E-state index contributed by atoms with van der Waals surface area (Å²) in [5.41, 5.74) is 0.580. The van der Waals surface area contributed by atoms with E-state index in [-0.39, 0.29) is 23.6 Å². The van der Waals surface area contributed by atoms with Crippen LogP contribution in [0.15, 0.2) is 30.3 Å². The van der Waals surface area contributed by atoms with Gasteiger partial charge in [-0.3, -0.25) is 4.79 Å². The van der Waals surface area contributed by atoms with Crippen molar-refractivity contribution in [1.29, 1.82) is 0 Å². The van der Waals surface area contributed by atoms with Gasteiger partial charge in [0, 0.05) is 43.9 Å². The Morgan fingerprint density at radius 1 is 1.14 bits per heavy atom. The second-order valence-electron chi connectivity index (χ2n) is 8.31. The molecule has 1 atom stereocenters. The van der Waals surface area contributed by atoms with Crippen molar-refractivity contribution in [3.05, 3.63) is 35.9 Å². The minimum atomic E-state index is -0.198. The Morgan fingerprint density at radius 3 is 2.50 bits per heavy atom. The largest absolute Gasteiger partial charge is 0.375 e. The van der Waals surface area contributed by atoms with Gasteiger partial charge in [-0.2, -0.15) is 0 Å². The van der Waals surface area contributed by atoms with E-state index in [0.717, 1.165) is 44.1 Å². The molecule has 1 N–H and O–H groups in total. The Kier molecular flexibility index (Phi) is 5.58. The number of hydrogen-bond donors (Lipinski definition) is 1. The molecule has 2 heterocycles. The summed E-state index contributed by atoms with van der Waals surface area (Å²) in [4.78, 5) is 29.4. The number of ether oxygens (including phenoxy) is 1. The summed E-state index contributed by atoms with van der Waals surface area (Å²) < 4.78 is 6.26. The lowest BCUT2D eigenvalue weighted by molar-refractivity contribution is -0.126. The van der Waals surface area contributed by atoms with Crippen LogP contribution >= 0.6 is 0 Å². The minimum absolute atomic E-state index is 0.0172.